The maximum absolute atomic E-state index is 13.0. The molecule has 31 heavy (non-hydrogen) atoms. The van der Waals surface area contributed by atoms with Gasteiger partial charge in [-0.1, -0.05) is 52.3 Å². The number of methoxy groups -OCH3 is 2. The smallest absolute Gasteiger partial charge is 0.244 e. The monoisotopic (exact) mass is 478 g/mol. The summed E-state index contributed by atoms with van der Waals surface area (Å²) in [7, 11) is 3.29. The molecule has 1 fully saturated rings. The van der Waals surface area contributed by atoms with Gasteiger partial charge in [0.1, 0.15) is 11.5 Å². The van der Waals surface area contributed by atoms with Gasteiger partial charge in [-0.3, -0.25) is 4.79 Å². The minimum atomic E-state index is -0.444. The van der Waals surface area contributed by atoms with E-state index in [1.807, 2.05) is 72.8 Å². The first-order valence-electron chi connectivity index (χ1n) is 9.94. The number of amides is 1. The Morgan fingerprint density at radius 3 is 2.13 bits per heavy atom. The number of nitrogens with zero attached hydrogens (tertiary/aromatic N) is 1. The zero-order valence-electron chi connectivity index (χ0n) is 17.3. The Labute approximate surface area is 190 Å². The number of ether oxygens (including phenoxy) is 2. The zero-order chi connectivity index (χ0) is 21.8. The number of carbonyl (C=O) groups excluding carboxylic acids is 1. The maximum atomic E-state index is 13.0. The van der Waals surface area contributed by atoms with Crippen LogP contribution < -0.4 is 14.9 Å². The van der Waals surface area contributed by atoms with Gasteiger partial charge in [0, 0.05) is 9.89 Å². The van der Waals surface area contributed by atoms with E-state index < -0.39 is 5.41 Å². The molecule has 5 nitrogen and oxygen atoms in total. The van der Waals surface area contributed by atoms with E-state index in [1.165, 1.54) is 0 Å². The quantitative estimate of drug-likeness (QED) is 0.387. The third-order valence-electron chi connectivity index (χ3n) is 5.71. The minimum Gasteiger partial charge on any atom is -0.497 e. The van der Waals surface area contributed by atoms with Crippen LogP contribution >= 0.6 is 15.9 Å². The third kappa shape index (κ3) is 4.35. The molecule has 4 rings (SSSR count). The molecule has 3 aromatic carbocycles. The number of hydrogen-bond donors (Lipinski definition) is 1. The molecule has 158 valence electrons. The second-order valence-electron chi connectivity index (χ2n) is 7.48. The highest BCUT2D eigenvalue weighted by Gasteiger charge is 2.60. The Morgan fingerprint density at radius 2 is 1.58 bits per heavy atom. The number of hydrogen-bond acceptors (Lipinski definition) is 4. The number of hydrazone groups is 1. The molecule has 0 aromatic heterocycles. The molecule has 1 N–H and O–H groups in total. The van der Waals surface area contributed by atoms with Gasteiger partial charge < -0.3 is 9.47 Å². The van der Waals surface area contributed by atoms with Gasteiger partial charge in [0.2, 0.25) is 5.91 Å². The fourth-order valence-electron chi connectivity index (χ4n) is 3.98. The van der Waals surface area contributed by atoms with E-state index in [9.17, 15) is 4.79 Å². The first-order valence-corrected chi connectivity index (χ1v) is 10.7. The van der Waals surface area contributed by atoms with Gasteiger partial charge in [0.25, 0.3) is 0 Å². The molecule has 1 atom stereocenters. The van der Waals surface area contributed by atoms with E-state index in [4.69, 9.17) is 9.47 Å². The molecule has 0 unspecified atom stereocenters. The average Bonchev–Trinajstić information content (AvgIpc) is 3.58. The molecule has 1 amide bonds. The van der Waals surface area contributed by atoms with Crippen LogP contribution in [0.15, 0.2) is 82.4 Å². The lowest BCUT2D eigenvalue weighted by Gasteiger charge is -2.20. The summed E-state index contributed by atoms with van der Waals surface area (Å²) in [5.41, 5.74) is 5.26. The van der Waals surface area contributed by atoms with Crippen molar-refractivity contribution in [2.45, 2.75) is 11.8 Å². The number of benzene rings is 3. The second kappa shape index (κ2) is 8.94. The fourth-order valence-corrected chi connectivity index (χ4v) is 4.25. The molecule has 6 heteroatoms. The number of carbonyl (C=O) groups is 1. The van der Waals surface area contributed by atoms with E-state index >= 15 is 0 Å². The van der Waals surface area contributed by atoms with E-state index in [2.05, 4.69) is 26.5 Å². The summed E-state index contributed by atoms with van der Waals surface area (Å²) in [6, 6.07) is 23.5. The van der Waals surface area contributed by atoms with Gasteiger partial charge >= 0.3 is 0 Å². The van der Waals surface area contributed by atoms with Gasteiger partial charge in [-0.15, -0.1) is 0 Å². The van der Waals surface area contributed by atoms with Crippen molar-refractivity contribution in [1.29, 1.82) is 0 Å². The van der Waals surface area contributed by atoms with Gasteiger partial charge in [-0.2, -0.15) is 5.10 Å². The van der Waals surface area contributed by atoms with Crippen LogP contribution in [0.2, 0.25) is 0 Å². The lowest BCUT2D eigenvalue weighted by atomic mass is 9.85. The van der Waals surface area contributed by atoms with Crippen molar-refractivity contribution >= 4 is 28.1 Å². The highest BCUT2D eigenvalue weighted by atomic mass is 79.9. The topological polar surface area (TPSA) is 59.9 Å². The van der Waals surface area contributed by atoms with Gasteiger partial charge in [0.05, 0.1) is 26.4 Å². The first kappa shape index (κ1) is 21.1. The number of rotatable bonds is 7. The molecule has 1 aliphatic carbocycles. The third-order valence-corrected chi connectivity index (χ3v) is 6.23. The van der Waals surface area contributed by atoms with Crippen molar-refractivity contribution in [1.82, 2.24) is 5.43 Å². The maximum Gasteiger partial charge on any atom is 0.244 e. The molecule has 1 aliphatic rings. The lowest BCUT2D eigenvalue weighted by molar-refractivity contribution is -0.122. The standard InChI is InChI=1S/C25H23BrN2O3/c1-30-21-7-3-5-18(13-21)25(19-6-4-8-22(14-19)31-2)15-23(25)24(29)28-27-16-17-9-11-20(26)12-10-17/h3-14,16,23H,15H2,1-2H3,(H,28,29)/b27-16-/t23-/m0/s1. The van der Waals surface area contributed by atoms with Crippen LogP contribution in [0.4, 0.5) is 0 Å². The van der Waals surface area contributed by atoms with Crippen molar-refractivity contribution in [3.8, 4) is 11.5 Å². The highest BCUT2D eigenvalue weighted by Crippen LogP contribution is 2.59. The molecule has 0 bridgehead atoms. The summed E-state index contributed by atoms with van der Waals surface area (Å²) in [5, 5.41) is 4.16. The van der Waals surface area contributed by atoms with Crippen LogP contribution in [0.1, 0.15) is 23.1 Å². The summed E-state index contributed by atoms with van der Waals surface area (Å²) in [5.74, 6) is 1.17. The van der Waals surface area contributed by atoms with Gasteiger partial charge in [-0.05, 0) is 59.5 Å². The normalized spacial score (nSPS) is 16.7. The van der Waals surface area contributed by atoms with Crippen LogP contribution in [-0.2, 0) is 10.2 Å². The second-order valence-corrected chi connectivity index (χ2v) is 8.39. The van der Waals surface area contributed by atoms with Crippen molar-refractivity contribution < 1.29 is 14.3 Å². The molecular weight excluding hydrogens is 456 g/mol. The molecule has 0 heterocycles. The van der Waals surface area contributed by atoms with Crippen LogP contribution in [-0.4, -0.2) is 26.3 Å². The van der Waals surface area contributed by atoms with Crippen molar-refractivity contribution in [3.05, 3.63) is 94.0 Å². The molecule has 0 saturated heterocycles. The molecule has 0 radical (unpaired) electrons. The van der Waals surface area contributed by atoms with Crippen LogP contribution in [0.3, 0.4) is 0 Å². The minimum absolute atomic E-state index is 0.112. The van der Waals surface area contributed by atoms with Gasteiger partial charge in [-0.25, -0.2) is 5.43 Å². The molecular formula is C25H23BrN2O3. The summed E-state index contributed by atoms with van der Waals surface area (Å²) in [4.78, 5) is 13.0. The Kier molecular flexibility index (Phi) is 6.09. The number of nitrogens with one attached hydrogen (secondary N) is 1. The Morgan fingerprint density at radius 1 is 1.00 bits per heavy atom. The molecule has 1 saturated carbocycles. The predicted octanol–water partition coefficient (Wildman–Crippen LogP) is 4.92. The van der Waals surface area contributed by atoms with Crippen LogP contribution in [0, 0.1) is 5.92 Å². The van der Waals surface area contributed by atoms with Gasteiger partial charge in [0.15, 0.2) is 0 Å². The Hall–Kier alpha value is -3.12. The molecule has 0 aliphatic heterocycles. The SMILES string of the molecule is COc1cccc(C2(c3cccc(OC)c3)C[C@H]2C(=O)N/N=C\c2ccc(Br)cc2)c1. The fraction of sp³-hybridized carbons (Fsp3) is 0.200. The molecule has 0 spiro atoms. The summed E-state index contributed by atoms with van der Waals surface area (Å²) in [6.07, 6.45) is 2.33. The van der Waals surface area contributed by atoms with E-state index in [0.29, 0.717) is 6.42 Å². The average molecular weight is 479 g/mol. The van der Waals surface area contributed by atoms with Crippen molar-refractivity contribution in [2.75, 3.05) is 14.2 Å². The van der Waals surface area contributed by atoms with E-state index in [0.717, 1.165) is 32.7 Å². The lowest BCUT2D eigenvalue weighted by Crippen LogP contribution is -2.25. The predicted molar refractivity (Wildman–Crippen MR) is 125 cm³/mol. The number of halogens is 1. The van der Waals surface area contributed by atoms with E-state index in [-0.39, 0.29) is 11.8 Å². The summed E-state index contributed by atoms with van der Waals surface area (Å²) >= 11 is 3.41. The van der Waals surface area contributed by atoms with E-state index in [1.54, 1.807) is 20.4 Å². The Balaban J connectivity index is 1.60. The summed E-state index contributed by atoms with van der Waals surface area (Å²) < 4.78 is 11.8. The van der Waals surface area contributed by atoms with Crippen LogP contribution in [0.5, 0.6) is 11.5 Å². The summed E-state index contributed by atoms with van der Waals surface area (Å²) in [6.45, 7) is 0. The zero-order valence-corrected chi connectivity index (χ0v) is 18.9. The highest BCUT2D eigenvalue weighted by molar-refractivity contribution is 9.10. The van der Waals surface area contributed by atoms with Crippen molar-refractivity contribution in [2.24, 2.45) is 11.0 Å². The largest absolute Gasteiger partial charge is 0.497 e. The van der Waals surface area contributed by atoms with Crippen LogP contribution in [0.25, 0.3) is 0 Å². The first-order chi connectivity index (χ1) is 15.1. The van der Waals surface area contributed by atoms with Crippen molar-refractivity contribution in [3.63, 3.8) is 0 Å². The molecule has 3 aromatic rings. The Bertz CT molecular complexity index is 1060.